The summed E-state index contributed by atoms with van der Waals surface area (Å²) < 4.78 is 26.2. The van der Waals surface area contributed by atoms with Crippen molar-refractivity contribution in [1.29, 1.82) is 0 Å². The first-order valence-corrected chi connectivity index (χ1v) is 6.28. The maximum atomic E-state index is 11.8. The summed E-state index contributed by atoms with van der Waals surface area (Å²) in [5.74, 6) is 1.45. The van der Waals surface area contributed by atoms with Gasteiger partial charge in [0.1, 0.15) is 6.16 Å². The number of ether oxygens (including phenoxy) is 1. The molecule has 0 N–H and O–H groups in total. The number of hydrogen-bond acceptors (Lipinski definition) is 5. The van der Waals surface area contributed by atoms with Gasteiger partial charge in [0.25, 0.3) is 0 Å². The number of carbonyl (C=O) groups excluding carboxylic acids is 1. The largest absolute Gasteiger partial charge is 0.452 e. The van der Waals surface area contributed by atoms with E-state index in [-0.39, 0.29) is 19.8 Å². The van der Waals surface area contributed by atoms with Crippen molar-refractivity contribution in [3.63, 3.8) is 0 Å². The van der Waals surface area contributed by atoms with Crippen molar-refractivity contribution in [2.75, 3.05) is 26.0 Å². The second-order valence-corrected chi connectivity index (χ2v) is 4.52. The Hall–Kier alpha value is -0.820. The third-order valence-corrected chi connectivity index (χ3v) is 3.24. The van der Waals surface area contributed by atoms with Crippen LogP contribution in [0.25, 0.3) is 0 Å². The van der Waals surface area contributed by atoms with Gasteiger partial charge in [-0.3, -0.25) is 9.36 Å². The SMILES string of the molecule is C#CCOC(=O)CP(=O)(OCC)OCC. The lowest BCUT2D eigenvalue weighted by atomic mass is 10.7. The van der Waals surface area contributed by atoms with Crippen molar-refractivity contribution in [1.82, 2.24) is 0 Å². The van der Waals surface area contributed by atoms with Crippen LogP contribution in [-0.4, -0.2) is 32.0 Å². The van der Waals surface area contributed by atoms with Gasteiger partial charge in [-0.1, -0.05) is 5.92 Å². The van der Waals surface area contributed by atoms with Crippen molar-refractivity contribution >= 4 is 13.6 Å². The minimum absolute atomic E-state index is 0.142. The zero-order chi connectivity index (χ0) is 11.7. The zero-order valence-electron chi connectivity index (χ0n) is 8.89. The lowest BCUT2D eigenvalue weighted by Gasteiger charge is -2.15. The molecule has 0 rings (SSSR count). The van der Waals surface area contributed by atoms with E-state index in [2.05, 4.69) is 10.7 Å². The quantitative estimate of drug-likeness (QED) is 0.379. The monoisotopic (exact) mass is 234 g/mol. The van der Waals surface area contributed by atoms with E-state index in [1.807, 2.05) is 0 Å². The molecule has 0 aromatic heterocycles. The van der Waals surface area contributed by atoms with Crippen molar-refractivity contribution in [2.24, 2.45) is 0 Å². The van der Waals surface area contributed by atoms with Gasteiger partial charge in [-0.25, -0.2) is 0 Å². The van der Waals surface area contributed by atoms with Gasteiger partial charge in [0.05, 0.1) is 13.2 Å². The predicted octanol–water partition coefficient (Wildman–Crippen LogP) is 1.43. The molecule has 6 heteroatoms. The summed E-state index contributed by atoms with van der Waals surface area (Å²) >= 11 is 0. The van der Waals surface area contributed by atoms with Crippen LogP contribution < -0.4 is 0 Å². The van der Waals surface area contributed by atoms with Crippen LogP contribution in [0.15, 0.2) is 0 Å². The predicted molar refractivity (Wildman–Crippen MR) is 55.5 cm³/mol. The molecule has 0 saturated heterocycles. The molecule has 0 atom stereocenters. The number of esters is 1. The highest BCUT2D eigenvalue weighted by Crippen LogP contribution is 2.47. The average molecular weight is 234 g/mol. The van der Waals surface area contributed by atoms with Gasteiger partial charge < -0.3 is 13.8 Å². The molecule has 0 aliphatic rings. The second-order valence-electron chi connectivity index (χ2n) is 2.47. The molecule has 0 aliphatic heterocycles. The number of hydrogen-bond donors (Lipinski definition) is 0. The first-order chi connectivity index (χ1) is 7.08. The van der Waals surface area contributed by atoms with Crippen LogP contribution in [0, 0.1) is 12.3 Å². The summed E-state index contributed by atoms with van der Waals surface area (Å²) in [5.41, 5.74) is 0. The molecule has 0 radical (unpaired) electrons. The van der Waals surface area contributed by atoms with Crippen LogP contribution in [-0.2, 0) is 23.1 Å². The number of rotatable bonds is 7. The maximum absolute atomic E-state index is 11.8. The van der Waals surface area contributed by atoms with Crippen LogP contribution in [0.3, 0.4) is 0 Å². The molecular formula is C9H15O5P. The fourth-order valence-electron chi connectivity index (χ4n) is 0.848. The molecular weight excluding hydrogens is 219 g/mol. The summed E-state index contributed by atoms with van der Waals surface area (Å²) in [6.45, 7) is 3.60. The van der Waals surface area contributed by atoms with E-state index < -0.39 is 19.7 Å². The van der Waals surface area contributed by atoms with E-state index in [0.717, 1.165) is 0 Å². The molecule has 0 bridgehead atoms. The lowest BCUT2D eigenvalue weighted by Crippen LogP contribution is -2.13. The van der Waals surface area contributed by atoms with Crippen LogP contribution in [0.4, 0.5) is 0 Å². The molecule has 15 heavy (non-hydrogen) atoms. The fourth-order valence-corrected chi connectivity index (χ4v) is 2.30. The molecule has 5 nitrogen and oxygen atoms in total. The fraction of sp³-hybridized carbons (Fsp3) is 0.667. The van der Waals surface area contributed by atoms with Crippen molar-refractivity contribution in [3.8, 4) is 12.3 Å². The number of carbonyl (C=O) groups is 1. The topological polar surface area (TPSA) is 61.8 Å². The summed E-state index contributed by atoms with van der Waals surface area (Å²) in [5, 5.41) is 0. The molecule has 0 aromatic rings. The van der Waals surface area contributed by atoms with Crippen LogP contribution in [0.5, 0.6) is 0 Å². The molecule has 0 aliphatic carbocycles. The minimum Gasteiger partial charge on any atom is -0.452 e. The zero-order valence-corrected chi connectivity index (χ0v) is 9.79. The summed E-state index contributed by atoms with van der Waals surface area (Å²) in [4.78, 5) is 11.1. The first kappa shape index (κ1) is 14.2. The Labute approximate surface area is 89.6 Å². The van der Waals surface area contributed by atoms with E-state index in [1.165, 1.54) is 0 Å². The molecule has 0 fully saturated rings. The van der Waals surface area contributed by atoms with E-state index in [9.17, 15) is 9.36 Å². The molecule has 0 spiro atoms. The second kappa shape index (κ2) is 7.47. The Morgan fingerprint density at radius 2 is 1.87 bits per heavy atom. The first-order valence-electron chi connectivity index (χ1n) is 4.55. The van der Waals surface area contributed by atoms with E-state index in [1.54, 1.807) is 13.8 Å². The van der Waals surface area contributed by atoms with Gasteiger partial charge >= 0.3 is 13.6 Å². The Bertz CT molecular complexity index is 271. The molecule has 0 saturated carbocycles. The van der Waals surface area contributed by atoms with E-state index >= 15 is 0 Å². The molecule has 86 valence electrons. The summed E-state index contributed by atoms with van der Waals surface area (Å²) in [6.07, 6.45) is 4.49. The molecule has 0 heterocycles. The smallest absolute Gasteiger partial charge is 0.341 e. The highest BCUT2D eigenvalue weighted by atomic mass is 31.2. The van der Waals surface area contributed by atoms with Gasteiger partial charge in [0.2, 0.25) is 0 Å². The van der Waals surface area contributed by atoms with Gasteiger partial charge in [0, 0.05) is 0 Å². The maximum Gasteiger partial charge on any atom is 0.341 e. The Morgan fingerprint density at radius 3 is 2.27 bits per heavy atom. The average Bonchev–Trinajstić information content (AvgIpc) is 2.15. The lowest BCUT2D eigenvalue weighted by molar-refractivity contribution is -0.139. The highest BCUT2D eigenvalue weighted by Gasteiger charge is 2.28. The standard InChI is InChI=1S/C9H15O5P/c1-4-7-12-9(10)8-15(11,13-5-2)14-6-3/h1H,5-8H2,2-3H3. The number of terminal acetylenes is 1. The normalized spacial score (nSPS) is 10.7. The summed E-state index contributed by atoms with van der Waals surface area (Å²) in [7, 11) is -3.36. The van der Waals surface area contributed by atoms with Crippen LogP contribution in [0.1, 0.15) is 13.8 Å². The third-order valence-electron chi connectivity index (χ3n) is 1.29. The summed E-state index contributed by atoms with van der Waals surface area (Å²) in [6, 6.07) is 0. The highest BCUT2D eigenvalue weighted by molar-refractivity contribution is 7.54. The van der Waals surface area contributed by atoms with Gasteiger partial charge in [-0.05, 0) is 13.8 Å². The van der Waals surface area contributed by atoms with E-state index in [4.69, 9.17) is 15.5 Å². The van der Waals surface area contributed by atoms with Gasteiger partial charge in [0.15, 0.2) is 6.61 Å². The minimum atomic E-state index is -3.36. The Balaban J connectivity index is 4.22. The van der Waals surface area contributed by atoms with Crippen molar-refractivity contribution in [3.05, 3.63) is 0 Å². The molecule has 0 aromatic carbocycles. The Morgan fingerprint density at radius 1 is 1.33 bits per heavy atom. The van der Waals surface area contributed by atoms with Crippen molar-refractivity contribution in [2.45, 2.75) is 13.8 Å². The Kier molecular flexibility index (Phi) is 7.06. The van der Waals surface area contributed by atoms with Crippen LogP contribution >= 0.6 is 7.60 Å². The third kappa shape index (κ3) is 6.29. The van der Waals surface area contributed by atoms with Crippen LogP contribution in [0.2, 0.25) is 0 Å². The van der Waals surface area contributed by atoms with E-state index in [0.29, 0.717) is 0 Å². The van der Waals surface area contributed by atoms with Crippen molar-refractivity contribution < 1.29 is 23.1 Å². The molecule has 0 unspecified atom stereocenters. The van der Waals surface area contributed by atoms with Gasteiger partial charge in [-0.15, -0.1) is 6.42 Å². The van der Waals surface area contributed by atoms with Gasteiger partial charge in [-0.2, -0.15) is 0 Å². The molecule has 0 amide bonds.